The fourth-order valence-electron chi connectivity index (χ4n) is 1.66. The highest BCUT2D eigenvalue weighted by atomic mass is 16.3. The number of aromatic hydroxyl groups is 1. The van der Waals surface area contributed by atoms with Crippen LogP contribution in [-0.4, -0.2) is 16.6 Å². The maximum atomic E-state index is 11.9. The van der Waals surface area contributed by atoms with Gasteiger partial charge in [-0.15, -0.1) is 0 Å². The standard InChI is InChI=1S/C14H21NO2/c1-4-14(3,5-2)15-13(17)10-11-7-6-8-12(16)9-11/h6-9,16H,4-5,10H2,1-3H3,(H,15,17). The van der Waals surface area contributed by atoms with Crippen LogP contribution in [0.1, 0.15) is 39.2 Å². The van der Waals surface area contributed by atoms with Gasteiger partial charge in [-0.3, -0.25) is 4.79 Å². The number of hydrogen-bond donors (Lipinski definition) is 2. The lowest BCUT2D eigenvalue weighted by Crippen LogP contribution is -2.45. The second kappa shape index (κ2) is 5.71. The molecule has 2 N–H and O–H groups in total. The van der Waals surface area contributed by atoms with Gasteiger partial charge in [0.15, 0.2) is 0 Å². The molecule has 0 spiro atoms. The van der Waals surface area contributed by atoms with Gasteiger partial charge in [0.2, 0.25) is 5.91 Å². The lowest BCUT2D eigenvalue weighted by atomic mass is 9.95. The van der Waals surface area contributed by atoms with Gasteiger partial charge in [-0.05, 0) is 37.5 Å². The molecule has 0 aliphatic rings. The molecular weight excluding hydrogens is 214 g/mol. The van der Waals surface area contributed by atoms with Gasteiger partial charge < -0.3 is 10.4 Å². The predicted octanol–water partition coefficient (Wildman–Crippen LogP) is 2.63. The Kier molecular flexibility index (Phi) is 4.55. The Morgan fingerprint density at radius 3 is 2.53 bits per heavy atom. The number of amides is 1. The fourth-order valence-corrected chi connectivity index (χ4v) is 1.66. The summed E-state index contributed by atoms with van der Waals surface area (Å²) >= 11 is 0. The van der Waals surface area contributed by atoms with Gasteiger partial charge in [0.25, 0.3) is 0 Å². The summed E-state index contributed by atoms with van der Waals surface area (Å²) in [7, 11) is 0. The number of hydrogen-bond acceptors (Lipinski definition) is 2. The highest BCUT2D eigenvalue weighted by Gasteiger charge is 2.21. The second-order valence-electron chi connectivity index (χ2n) is 4.66. The first-order chi connectivity index (χ1) is 7.99. The highest BCUT2D eigenvalue weighted by Crippen LogP contribution is 2.15. The van der Waals surface area contributed by atoms with E-state index in [-0.39, 0.29) is 17.2 Å². The van der Waals surface area contributed by atoms with Crippen LogP contribution in [0.4, 0.5) is 0 Å². The van der Waals surface area contributed by atoms with Crippen LogP contribution in [-0.2, 0) is 11.2 Å². The van der Waals surface area contributed by atoms with E-state index in [1.807, 2.05) is 13.0 Å². The van der Waals surface area contributed by atoms with E-state index < -0.39 is 0 Å². The molecule has 1 aromatic rings. The molecule has 0 atom stereocenters. The Labute approximate surface area is 103 Å². The Morgan fingerprint density at radius 1 is 1.35 bits per heavy atom. The normalized spacial score (nSPS) is 11.2. The van der Waals surface area contributed by atoms with Crippen molar-refractivity contribution in [3.63, 3.8) is 0 Å². The maximum absolute atomic E-state index is 11.9. The average Bonchev–Trinajstić information content (AvgIpc) is 2.28. The van der Waals surface area contributed by atoms with Crippen LogP contribution in [0.5, 0.6) is 5.75 Å². The molecule has 0 unspecified atom stereocenters. The molecule has 0 saturated carbocycles. The molecule has 3 heteroatoms. The number of phenols is 1. The number of carbonyl (C=O) groups excluding carboxylic acids is 1. The van der Waals surface area contributed by atoms with Gasteiger partial charge in [0.05, 0.1) is 6.42 Å². The van der Waals surface area contributed by atoms with Gasteiger partial charge in [0, 0.05) is 5.54 Å². The van der Waals surface area contributed by atoms with E-state index in [0.717, 1.165) is 18.4 Å². The minimum Gasteiger partial charge on any atom is -0.508 e. The summed E-state index contributed by atoms with van der Waals surface area (Å²) in [5, 5.41) is 12.4. The molecule has 17 heavy (non-hydrogen) atoms. The van der Waals surface area contributed by atoms with Gasteiger partial charge in [-0.25, -0.2) is 0 Å². The molecular formula is C14H21NO2. The zero-order chi connectivity index (χ0) is 12.9. The smallest absolute Gasteiger partial charge is 0.224 e. The maximum Gasteiger partial charge on any atom is 0.224 e. The molecule has 3 nitrogen and oxygen atoms in total. The Balaban J connectivity index is 2.61. The number of carbonyl (C=O) groups is 1. The van der Waals surface area contributed by atoms with Crippen molar-refractivity contribution in [2.75, 3.05) is 0 Å². The first-order valence-electron chi connectivity index (χ1n) is 6.08. The average molecular weight is 235 g/mol. The molecule has 0 aliphatic heterocycles. The van der Waals surface area contributed by atoms with Crippen LogP contribution in [0.2, 0.25) is 0 Å². The van der Waals surface area contributed by atoms with Crippen LogP contribution >= 0.6 is 0 Å². The molecule has 0 fully saturated rings. The van der Waals surface area contributed by atoms with Gasteiger partial charge >= 0.3 is 0 Å². The van der Waals surface area contributed by atoms with Crippen LogP contribution in [0, 0.1) is 0 Å². The summed E-state index contributed by atoms with van der Waals surface area (Å²) in [6.45, 7) is 6.18. The van der Waals surface area contributed by atoms with Crippen molar-refractivity contribution >= 4 is 5.91 Å². The molecule has 0 aliphatic carbocycles. The third kappa shape index (κ3) is 4.10. The third-order valence-electron chi connectivity index (χ3n) is 3.28. The monoisotopic (exact) mass is 235 g/mol. The summed E-state index contributed by atoms with van der Waals surface area (Å²) in [6, 6.07) is 6.81. The second-order valence-corrected chi connectivity index (χ2v) is 4.66. The quantitative estimate of drug-likeness (QED) is 0.824. The summed E-state index contributed by atoms with van der Waals surface area (Å²) in [4.78, 5) is 11.9. The molecule has 1 aromatic carbocycles. The number of phenolic OH excluding ortho intramolecular Hbond substituents is 1. The number of nitrogens with one attached hydrogen (secondary N) is 1. The van der Waals surface area contributed by atoms with Crippen molar-refractivity contribution in [1.29, 1.82) is 0 Å². The molecule has 1 amide bonds. The van der Waals surface area contributed by atoms with E-state index in [1.165, 1.54) is 0 Å². The Bertz CT molecular complexity index is 384. The van der Waals surface area contributed by atoms with Crippen molar-refractivity contribution in [3.05, 3.63) is 29.8 Å². The van der Waals surface area contributed by atoms with Crippen molar-refractivity contribution in [3.8, 4) is 5.75 Å². The van der Waals surface area contributed by atoms with Crippen LogP contribution < -0.4 is 5.32 Å². The predicted molar refractivity (Wildman–Crippen MR) is 68.9 cm³/mol. The largest absolute Gasteiger partial charge is 0.508 e. The third-order valence-corrected chi connectivity index (χ3v) is 3.28. The Morgan fingerprint density at radius 2 is 2.00 bits per heavy atom. The molecule has 1 rings (SSSR count). The van der Waals surface area contributed by atoms with Crippen LogP contribution in [0.3, 0.4) is 0 Å². The summed E-state index contributed by atoms with van der Waals surface area (Å²) in [5.41, 5.74) is 0.700. The first-order valence-corrected chi connectivity index (χ1v) is 6.08. The Hall–Kier alpha value is -1.51. The molecule has 0 saturated heterocycles. The van der Waals surface area contributed by atoms with E-state index >= 15 is 0 Å². The van der Waals surface area contributed by atoms with Crippen LogP contribution in [0.25, 0.3) is 0 Å². The number of benzene rings is 1. The van der Waals surface area contributed by atoms with E-state index in [9.17, 15) is 9.90 Å². The van der Waals surface area contributed by atoms with Gasteiger partial charge in [-0.1, -0.05) is 26.0 Å². The van der Waals surface area contributed by atoms with Crippen LogP contribution in [0.15, 0.2) is 24.3 Å². The molecule has 94 valence electrons. The summed E-state index contributed by atoms with van der Waals surface area (Å²) < 4.78 is 0. The molecule has 0 bridgehead atoms. The highest BCUT2D eigenvalue weighted by molar-refractivity contribution is 5.79. The topological polar surface area (TPSA) is 49.3 Å². The lowest BCUT2D eigenvalue weighted by Gasteiger charge is -2.28. The molecule has 0 heterocycles. The van der Waals surface area contributed by atoms with Crippen molar-refractivity contribution in [2.45, 2.75) is 45.6 Å². The zero-order valence-electron chi connectivity index (χ0n) is 10.8. The van der Waals surface area contributed by atoms with Crippen molar-refractivity contribution in [1.82, 2.24) is 5.32 Å². The van der Waals surface area contributed by atoms with Gasteiger partial charge in [-0.2, -0.15) is 0 Å². The van der Waals surface area contributed by atoms with E-state index in [4.69, 9.17) is 0 Å². The minimum atomic E-state index is -0.131. The minimum absolute atomic E-state index is 0.00167. The van der Waals surface area contributed by atoms with Crippen molar-refractivity contribution < 1.29 is 9.90 Å². The molecule has 0 radical (unpaired) electrons. The van der Waals surface area contributed by atoms with Gasteiger partial charge in [0.1, 0.15) is 5.75 Å². The van der Waals surface area contributed by atoms with E-state index in [0.29, 0.717) is 6.42 Å². The first kappa shape index (κ1) is 13.6. The number of rotatable bonds is 5. The fraction of sp³-hybridized carbons (Fsp3) is 0.500. The zero-order valence-corrected chi connectivity index (χ0v) is 10.8. The van der Waals surface area contributed by atoms with E-state index in [1.54, 1.807) is 18.2 Å². The SMILES string of the molecule is CCC(C)(CC)NC(=O)Cc1cccc(O)c1. The summed E-state index contributed by atoms with van der Waals surface area (Å²) in [6.07, 6.45) is 2.13. The molecule has 0 aromatic heterocycles. The van der Waals surface area contributed by atoms with E-state index in [2.05, 4.69) is 19.2 Å². The summed E-state index contributed by atoms with van der Waals surface area (Å²) in [5.74, 6) is 0.200. The lowest BCUT2D eigenvalue weighted by molar-refractivity contribution is -0.122. The van der Waals surface area contributed by atoms with Crippen molar-refractivity contribution in [2.24, 2.45) is 0 Å².